The largest absolute Gasteiger partial charge is 0.494 e. The number of benzene rings is 1. The van der Waals surface area contributed by atoms with Crippen LogP contribution in [0, 0.1) is 0 Å². The van der Waals surface area contributed by atoms with E-state index in [0.717, 1.165) is 25.3 Å². The van der Waals surface area contributed by atoms with Crippen molar-refractivity contribution in [3.63, 3.8) is 0 Å². The summed E-state index contributed by atoms with van der Waals surface area (Å²) in [7, 11) is 0. The first kappa shape index (κ1) is 16.0. The van der Waals surface area contributed by atoms with Gasteiger partial charge in [0, 0.05) is 6.04 Å². The SMILES string of the molecule is CCNC(C)CCCOc1ccc(C(C)CC)cc1. The average molecular weight is 263 g/mol. The van der Waals surface area contributed by atoms with E-state index >= 15 is 0 Å². The second-order valence-electron chi connectivity index (χ2n) is 5.33. The summed E-state index contributed by atoms with van der Waals surface area (Å²) in [5, 5.41) is 3.41. The molecule has 0 aliphatic carbocycles. The number of hydrogen-bond acceptors (Lipinski definition) is 2. The van der Waals surface area contributed by atoms with Gasteiger partial charge in [-0.3, -0.25) is 0 Å². The monoisotopic (exact) mass is 263 g/mol. The average Bonchev–Trinajstić information content (AvgIpc) is 2.44. The van der Waals surface area contributed by atoms with Crippen LogP contribution in [0.25, 0.3) is 0 Å². The Bertz CT molecular complexity index is 334. The third-order valence-corrected chi connectivity index (χ3v) is 3.66. The van der Waals surface area contributed by atoms with E-state index in [9.17, 15) is 0 Å². The van der Waals surface area contributed by atoms with E-state index < -0.39 is 0 Å². The zero-order chi connectivity index (χ0) is 14.1. The highest BCUT2D eigenvalue weighted by molar-refractivity contribution is 5.29. The molecule has 1 aromatic carbocycles. The van der Waals surface area contributed by atoms with Crippen LogP contribution >= 0.6 is 0 Å². The van der Waals surface area contributed by atoms with Crippen LogP contribution in [0.5, 0.6) is 5.75 Å². The van der Waals surface area contributed by atoms with Crippen molar-refractivity contribution in [3.05, 3.63) is 29.8 Å². The summed E-state index contributed by atoms with van der Waals surface area (Å²) < 4.78 is 5.78. The summed E-state index contributed by atoms with van der Waals surface area (Å²) in [6, 6.07) is 9.14. The van der Waals surface area contributed by atoms with Gasteiger partial charge in [-0.05, 0) is 56.3 Å². The third-order valence-electron chi connectivity index (χ3n) is 3.66. The molecule has 1 aromatic rings. The van der Waals surface area contributed by atoms with E-state index in [-0.39, 0.29) is 0 Å². The second-order valence-corrected chi connectivity index (χ2v) is 5.33. The molecule has 0 aliphatic rings. The van der Waals surface area contributed by atoms with Crippen LogP contribution in [0.3, 0.4) is 0 Å². The number of nitrogens with one attached hydrogen (secondary N) is 1. The Morgan fingerprint density at radius 1 is 1.11 bits per heavy atom. The molecule has 1 rings (SSSR count). The van der Waals surface area contributed by atoms with Crippen LogP contribution in [-0.2, 0) is 0 Å². The Morgan fingerprint density at radius 2 is 1.79 bits per heavy atom. The minimum atomic E-state index is 0.585. The lowest BCUT2D eigenvalue weighted by Crippen LogP contribution is -2.25. The molecular formula is C17H29NO. The highest BCUT2D eigenvalue weighted by atomic mass is 16.5. The molecule has 0 bridgehead atoms. The summed E-state index contributed by atoms with van der Waals surface area (Å²) in [6.07, 6.45) is 3.45. The first-order chi connectivity index (χ1) is 9.17. The van der Waals surface area contributed by atoms with Gasteiger partial charge in [0.15, 0.2) is 0 Å². The quantitative estimate of drug-likeness (QED) is 0.668. The maximum absolute atomic E-state index is 5.78. The molecular weight excluding hydrogens is 234 g/mol. The number of ether oxygens (including phenoxy) is 1. The Labute approximate surface area is 118 Å². The summed E-state index contributed by atoms with van der Waals surface area (Å²) >= 11 is 0. The summed E-state index contributed by atoms with van der Waals surface area (Å²) in [5.74, 6) is 1.62. The zero-order valence-corrected chi connectivity index (χ0v) is 12.9. The molecule has 0 spiro atoms. The molecule has 2 heteroatoms. The van der Waals surface area contributed by atoms with Crippen LogP contribution in [-0.4, -0.2) is 19.2 Å². The molecule has 0 fully saturated rings. The van der Waals surface area contributed by atoms with Crippen LogP contribution < -0.4 is 10.1 Å². The van der Waals surface area contributed by atoms with Crippen molar-refractivity contribution in [2.24, 2.45) is 0 Å². The fourth-order valence-corrected chi connectivity index (χ4v) is 2.16. The van der Waals surface area contributed by atoms with E-state index in [4.69, 9.17) is 4.74 Å². The molecule has 0 radical (unpaired) electrons. The molecule has 0 heterocycles. The van der Waals surface area contributed by atoms with Gasteiger partial charge in [-0.25, -0.2) is 0 Å². The van der Waals surface area contributed by atoms with Gasteiger partial charge in [-0.1, -0.05) is 32.9 Å². The van der Waals surface area contributed by atoms with E-state index in [1.54, 1.807) is 0 Å². The van der Waals surface area contributed by atoms with Crippen molar-refractivity contribution in [2.45, 2.75) is 58.9 Å². The van der Waals surface area contributed by atoms with Gasteiger partial charge >= 0.3 is 0 Å². The van der Waals surface area contributed by atoms with E-state index in [0.29, 0.717) is 12.0 Å². The van der Waals surface area contributed by atoms with Crippen LogP contribution in [0.4, 0.5) is 0 Å². The molecule has 1 N–H and O–H groups in total. The highest BCUT2D eigenvalue weighted by Gasteiger charge is 2.03. The molecule has 108 valence electrons. The molecule has 2 atom stereocenters. The van der Waals surface area contributed by atoms with Crippen molar-refractivity contribution >= 4 is 0 Å². The van der Waals surface area contributed by atoms with E-state index in [1.807, 2.05) is 0 Å². The maximum Gasteiger partial charge on any atom is 0.119 e. The van der Waals surface area contributed by atoms with Gasteiger partial charge in [0.05, 0.1) is 6.61 Å². The standard InChI is InChI=1S/C17H29NO/c1-5-14(3)16-9-11-17(12-10-16)19-13-7-8-15(4)18-6-2/h9-12,14-15,18H,5-8,13H2,1-4H3. The Kier molecular flexibility index (Phi) is 7.57. The lowest BCUT2D eigenvalue weighted by Gasteiger charge is -2.13. The van der Waals surface area contributed by atoms with Crippen LogP contribution in [0.1, 0.15) is 58.4 Å². The fraction of sp³-hybridized carbons (Fsp3) is 0.647. The molecule has 0 saturated carbocycles. The molecule has 0 amide bonds. The molecule has 0 aromatic heterocycles. The molecule has 2 unspecified atom stereocenters. The van der Waals surface area contributed by atoms with Crippen molar-refractivity contribution in [1.29, 1.82) is 0 Å². The van der Waals surface area contributed by atoms with Gasteiger partial charge in [0.1, 0.15) is 5.75 Å². The molecule has 0 saturated heterocycles. The summed E-state index contributed by atoms with van der Waals surface area (Å²) in [6.45, 7) is 10.7. The van der Waals surface area contributed by atoms with Crippen LogP contribution in [0.15, 0.2) is 24.3 Å². The highest BCUT2D eigenvalue weighted by Crippen LogP contribution is 2.21. The normalized spacial score (nSPS) is 14.1. The maximum atomic E-state index is 5.78. The Morgan fingerprint density at radius 3 is 2.37 bits per heavy atom. The molecule has 0 aliphatic heterocycles. The smallest absolute Gasteiger partial charge is 0.119 e. The Balaban J connectivity index is 2.26. The zero-order valence-electron chi connectivity index (χ0n) is 12.9. The predicted molar refractivity (Wildman–Crippen MR) is 83.0 cm³/mol. The van der Waals surface area contributed by atoms with Crippen molar-refractivity contribution in [2.75, 3.05) is 13.2 Å². The summed E-state index contributed by atoms with van der Waals surface area (Å²) in [4.78, 5) is 0. The lowest BCUT2D eigenvalue weighted by molar-refractivity contribution is 0.298. The van der Waals surface area contributed by atoms with Crippen molar-refractivity contribution in [1.82, 2.24) is 5.32 Å². The van der Waals surface area contributed by atoms with E-state index in [2.05, 4.69) is 57.3 Å². The number of rotatable bonds is 9. The molecule has 19 heavy (non-hydrogen) atoms. The number of hydrogen-bond donors (Lipinski definition) is 1. The topological polar surface area (TPSA) is 21.3 Å². The fourth-order valence-electron chi connectivity index (χ4n) is 2.16. The lowest BCUT2D eigenvalue weighted by atomic mass is 9.99. The first-order valence-electron chi connectivity index (χ1n) is 7.63. The van der Waals surface area contributed by atoms with Crippen LogP contribution in [0.2, 0.25) is 0 Å². The van der Waals surface area contributed by atoms with Crippen molar-refractivity contribution < 1.29 is 4.74 Å². The Hall–Kier alpha value is -1.02. The van der Waals surface area contributed by atoms with Gasteiger partial charge < -0.3 is 10.1 Å². The minimum absolute atomic E-state index is 0.585. The van der Waals surface area contributed by atoms with Crippen molar-refractivity contribution in [3.8, 4) is 5.75 Å². The molecule has 2 nitrogen and oxygen atoms in total. The van der Waals surface area contributed by atoms with Gasteiger partial charge in [0.25, 0.3) is 0 Å². The van der Waals surface area contributed by atoms with Gasteiger partial charge in [0.2, 0.25) is 0 Å². The van der Waals surface area contributed by atoms with E-state index in [1.165, 1.54) is 18.4 Å². The second kappa shape index (κ2) is 8.98. The van der Waals surface area contributed by atoms with Gasteiger partial charge in [-0.15, -0.1) is 0 Å². The minimum Gasteiger partial charge on any atom is -0.494 e. The van der Waals surface area contributed by atoms with Gasteiger partial charge in [-0.2, -0.15) is 0 Å². The predicted octanol–water partition coefficient (Wildman–Crippen LogP) is 4.36. The first-order valence-corrected chi connectivity index (χ1v) is 7.63. The third kappa shape index (κ3) is 6.11. The summed E-state index contributed by atoms with van der Waals surface area (Å²) in [5.41, 5.74) is 1.40.